The van der Waals surface area contributed by atoms with Crippen LogP contribution >= 0.6 is 0 Å². The Morgan fingerprint density at radius 3 is 2.64 bits per heavy atom. The average molecular weight is 294 g/mol. The van der Waals surface area contributed by atoms with Gasteiger partial charge < -0.3 is 10.5 Å². The zero-order valence-corrected chi connectivity index (χ0v) is 12.6. The van der Waals surface area contributed by atoms with Gasteiger partial charge in [-0.25, -0.2) is 4.98 Å². The van der Waals surface area contributed by atoms with Gasteiger partial charge >= 0.3 is 0 Å². The van der Waals surface area contributed by atoms with Crippen LogP contribution in [-0.2, 0) is 0 Å². The van der Waals surface area contributed by atoms with Gasteiger partial charge in [0.25, 0.3) is 0 Å². The Balaban J connectivity index is 1.87. The number of ether oxygens (including phenoxy) is 1. The number of nitrogens with zero attached hydrogens (tertiary/aromatic N) is 2. The van der Waals surface area contributed by atoms with Crippen LogP contribution in [0.2, 0.25) is 0 Å². The second kappa shape index (κ2) is 5.99. The molecule has 0 saturated carbocycles. The van der Waals surface area contributed by atoms with Crippen molar-refractivity contribution >= 4 is 0 Å². The first-order valence-corrected chi connectivity index (χ1v) is 7.06. The summed E-state index contributed by atoms with van der Waals surface area (Å²) < 4.78 is 5.22. The molecule has 5 heteroatoms. The summed E-state index contributed by atoms with van der Waals surface area (Å²) in [6, 6.07) is 15.3. The first kappa shape index (κ1) is 14.3. The summed E-state index contributed by atoms with van der Waals surface area (Å²) in [6.07, 6.45) is 0. The normalized spacial score (nSPS) is 12.1. The van der Waals surface area contributed by atoms with Gasteiger partial charge in [0.15, 0.2) is 5.82 Å². The third-order valence-corrected chi connectivity index (χ3v) is 3.56. The lowest BCUT2D eigenvalue weighted by Gasteiger charge is -2.09. The zero-order chi connectivity index (χ0) is 15.5. The second-order valence-corrected chi connectivity index (χ2v) is 5.16. The molecule has 5 nitrogen and oxygen atoms in total. The van der Waals surface area contributed by atoms with E-state index in [1.54, 1.807) is 7.11 Å². The summed E-state index contributed by atoms with van der Waals surface area (Å²) in [7, 11) is 1.63. The fraction of sp³-hybridized carbons (Fsp3) is 0.176. The molecule has 0 aliphatic carbocycles. The van der Waals surface area contributed by atoms with Crippen molar-refractivity contribution in [2.75, 3.05) is 7.11 Å². The van der Waals surface area contributed by atoms with Crippen LogP contribution in [0.5, 0.6) is 5.75 Å². The second-order valence-electron chi connectivity index (χ2n) is 5.16. The molecule has 1 heterocycles. The molecule has 3 aromatic rings. The fourth-order valence-electron chi connectivity index (χ4n) is 2.24. The predicted octanol–water partition coefficient (Wildman–Crippen LogP) is 2.84. The monoisotopic (exact) mass is 294 g/mol. The van der Waals surface area contributed by atoms with E-state index in [2.05, 4.69) is 15.2 Å². The lowest BCUT2D eigenvalue weighted by molar-refractivity contribution is 0.414. The molecule has 112 valence electrons. The highest BCUT2D eigenvalue weighted by atomic mass is 16.5. The number of aromatic amines is 1. The standard InChI is InChI=1S/C17H18N4O/c1-11-6-8-12(9-7-11)16-19-17(21-20-16)15(18)13-4-3-5-14(10-13)22-2/h3-10,15H,18H2,1-2H3,(H,19,20,21)/t15-/m0/s1. The third-order valence-electron chi connectivity index (χ3n) is 3.56. The molecule has 0 radical (unpaired) electrons. The van der Waals surface area contributed by atoms with Gasteiger partial charge in [0, 0.05) is 5.56 Å². The van der Waals surface area contributed by atoms with Crippen molar-refractivity contribution < 1.29 is 4.74 Å². The van der Waals surface area contributed by atoms with Gasteiger partial charge in [-0.05, 0) is 24.6 Å². The van der Waals surface area contributed by atoms with Crippen molar-refractivity contribution in [1.29, 1.82) is 0 Å². The summed E-state index contributed by atoms with van der Waals surface area (Å²) in [5.74, 6) is 2.04. The number of aromatic nitrogens is 3. The molecule has 2 aromatic carbocycles. The van der Waals surface area contributed by atoms with Crippen LogP contribution in [0.3, 0.4) is 0 Å². The Bertz CT molecular complexity index is 764. The maximum Gasteiger partial charge on any atom is 0.181 e. The van der Waals surface area contributed by atoms with Crippen LogP contribution in [0.4, 0.5) is 0 Å². The molecule has 0 spiro atoms. The van der Waals surface area contributed by atoms with E-state index in [0.717, 1.165) is 16.9 Å². The summed E-state index contributed by atoms with van der Waals surface area (Å²) >= 11 is 0. The molecule has 1 aromatic heterocycles. The van der Waals surface area contributed by atoms with Gasteiger partial charge in [0.1, 0.15) is 11.6 Å². The first-order valence-electron chi connectivity index (χ1n) is 7.06. The minimum absolute atomic E-state index is 0.373. The van der Waals surface area contributed by atoms with Crippen LogP contribution in [0, 0.1) is 6.92 Å². The minimum Gasteiger partial charge on any atom is -0.497 e. The van der Waals surface area contributed by atoms with E-state index in [9.17, 15) is 0 Å². The molecule has 0 amide bonds. The number of nitrogens with one attached hydrogen (secondary N) is 1. The summed E-state index contributed by atoms with van der Waals surface area (Å²) in [5, 5.41) is 7.19. The fourth-order valence-corrected chi connectivity index (χ4v) is 2.24. The zero-order valence-electron chi connectivity index (χ0n) is 12.6. The van der Waals surface area contributed by atoms with Crippen molar-refractivity contribution in [3.05, 3.63) is 65.5 Å². The van der Waals surface area contributed by atoms with Gasteiger partial charge in [0.05, 0.1) is 13.2 Å². The SMILES string of the molecule is COc1cccc([C@H](N)c2nc(-c3ccc(C)cc3)n[nH]2)c1. The number of methoxy groups -OCH3 is 1. The van der Waals surface area contributed by atoms with E-state index in [0.29, 0.717) is 11.6 Å². The first-order chi connectivity index (χ1) is 10.7. The smallest absolute Gasteiger partial charge is 0.181 e. The highest BCUT2D eigenvalue weighted by Crippen LogP contribution is 2.23. The Kier molecular flexibility index (Phi) is 3.89. The van der Waals surface area contributed by atoms with Crippen LogP contribution in [0.1, 0.15) is 23.0 Å². The van der Waals surface area contributed by atoms with E-state index >= 15 is 0 Å². The number of rotatable bonds is 4. The quantitative estimate of drug-likeness (QED) is 0.775. The van der Waals surface area contributed by atoms with Crippen LogP contribution in [0.15, 0.2) is 48.5 Å². The molecular weight excluding hydrogens is 276 g/mol. The molecule has 0 aliphatic rings. The molecule has 3 N–H and O–H groups in total. The molecule has 3 rings (SSSR count). The van der Waals surface area contributed by atoms with Crippen molar-refractivity contribution in [3.63, 3.8) is 0 Å². The number of H-pyrrole nitrogens is 1. The minimum atomic E-state index is -0.373. The van der Waals surface area contributed by atoms with Gasteiger partial charge in [0.2, 0.25) is 0 Å². The van der Waals surface area contributed by atoms with E-state index in [-0.39, 0.29) is 6.04 Å². The topological polar surface area (TPSA) is 76.8 Å². The van der Waals surface area contributed by atoms with E-state index < -0.39 is 0 Å². The Morgan fingerprint density at radius 2 is 1.91 bits per heavy atom. The highest BCUT2D eigenvalue weighted by molar-refractivity contribution is 5.55. The van der Waals surface area contributed by atoms with Crippen LogP contribution in [0.25, 0.3) is 11.4 Å². The van der Waals surface area contributed by atoms with Gasteiger partial charge in [-0.2, -0.15) is 5.10 Å². The van der Waals surface area contributed by atoms with Crippen molar-refractivity contribution in [3.8, 4) is 17.1 Å². The maximum atomic E-state index is 6.27. The Morgan fingerprint density at radius 1 is 1.14 bits per heavy atom. The number of hydrogen-bond donors (Lipinski definition) is 2. The van der Waals surface area contributed by atoms with Crippen molar-refractivity contribution in [2.45, 2.75) is 13.0 Å². The van der Waals surface area contributed by atoms with Crippen LogP contribution < -0.4 is 10.5 Å². The number of benzene rings is 2. The molecule has 0 saturated heterocycles. The summed E-state index contributed by atoms with van der Waals surface area (Å²) in [6.45, 7) is 2.05. The van der Waals surface area contributed by atoms with Gasteiger partial charge in [-0.15, -0.1) is 0 Å². The van der Waals surface area contributed by atoms with Crippen LogP contribution in [-0.4, -0.2) is 22.3 Å². The highest BCUT2D eigenvalue weighted by Gasteiger charge is 2.15. The van der Waals surface area contributed by atoms with Crippen molar-refractivity contribution in [1.82, 2.24) is 15.2 Å². The molecule has 1 atom stereocenters. The number of aryl methyl sites for hydroxylation is 1. The number of hydrogen-bond acceptors (Lipinski definition) is 4. The van der Waals surface area contributed by atoms with Gasteiger partial charge in [-0.3, -0.25) is 5.10 Å². The largest absolute Gasteiger partial charge is 0.497 e. The predicted molar refractivity (Wildman–Crippen MR) is 85.6 cm³/mol. The number of nitrogens with two attached hydrogens (primary N) is 1. The molecule has 0 unspecified atom stereocenters. The van der Waals surface area contributed by atoms with E-state index in [1.165, 1.54) is 5.56 Å². The Labute approximate surface area is 129 Å². The lowest BCUT2D eigenvalue weighted by Crippen LogP contribution is -2.13. The molecule has 0 fully saturated rings. The molecular formula is C17H18N4O. The maximum absolute atomic E-state index is 6.27. The van der Waals surface area contributed by atoms with Gasteiger partial charge in [-0.1, -0.05) is 42.0 Å². The van der Waals surface area contributed by atoms with E-state index in [4.69, 9.17) is 10.5 Å². The van der Waals surface area contributed by atoms with E-state index in [1.807, 2.05) is 55.5 Å². The Hall–Kier alpha value is -2.66. The van der Waals surface area contributed by atoms with Crippen molar-refractivity contribution in [2.24, 2.45) is 5.73 Å². The molecule has 0 bridgehead atoms. The molecule has 22 heavy (non-hydrogen) atoms. The molecule has 0 aliphatic heterocycles. The summed E-state index contributed by atoms with van der Waals surface area (Å²) in [5.41, 5.74) is 9.35. The summed E-state index contributed by atoms with van der Waals surface area (Å²) in [4.78, 5) is 4.51. The third kappa shape index (κ3) is 2.84. The lowest BCUT2D eigenvalue weighted by atomic mass is 10.1. The average Bonchev–Trinajstić information content (AvgIpc) is 3.05.